The molecule has 0 bridgehead atoms. The topological polar surface area (TPSA) is 86.8 Å². The molecule has 7 nitrogen and oxygen atoms in total. The molecule has 1 atom stereocenters. The summed E-state index contributed by atoms with van der Waals surface area (Å²) in [6.45, 7) is -0.845. The highest BCUT2D eigenvalue weighted by molar-refractivity contribution is 7.92. The quantitative estimate of drug-likeness (QED) is 0.397. The molecule has 3 rings (SSSR count). The summed E-state index contributed by atoms with van der Waals surface area (Å²) in [4.78, 5) is 28.1. The number of carbonyl (C=O) groups excluding carboxylic acids is 2. The Morgan fingerprint density at radius 1 is 1.00 bits per heavy atom. The maximum atomic E-state index is 14.6. The van der Waals surface area contributed by atoms with E-state index in [1.165, 1.54) is 36.2 Å². The predicted octanol–water partition coefficient (Wildman–Crippen LogP) is 4.28. The van der Waals surface area contributed by atoms with Gasteiger partial charge in [0.25, 0.3) is 0 Å². The Morgan fingerprint density at radius 2 is 1.65 bits per heavy atom. The van der Waals surface area contributed by atoms with Crippen molar-refractivity contribution in [2.75, 3.05) is 24.2 Å². The molecule has 0 saturated heterocycles. The molecule has 0 fully saturated rings. The van der Waals surface area contributed by atoms with Crippen molar-refractivity contribution in [1.29, 1.82) is 0 Å². The molecule has 1 N–H and O–H groups in total. The van der Waals surface area contributed by atoms with Crippen LogP contribution in [0.1, 0.15) is 11.1 Å². The fourth-order valence-corrected chi connectivity index (χ4v) is 5.12. The summed E-state index contributed by atoms with van der Waals surface area (Å²) >= 11 is 12.4. The number of benzene rings is 3. The van der Waals surface area contributed by atoms with Crippen LogP contribution in [0, 0.1) is 5.82 Å². The van der Waals surface area contributed by atoms with Gasteiger partial charge in [-0.15, -0.1) is 0 Å². The first-order valence-electron chi connectivity index (χ1n) is 11.2. The molecule has 0 aliphatic carbocycles. The Hall–Kier alpha value is -3.14. The first kappa shape index (κ1) is 28.4. The monoisotopic (exact) mass is 565 g/mol. The van der Waals surface area contributed by atoms with E-state index in [0.717, 1.165) is 17.9 Å². The molecule has 0 radical (unpaired) electrons. The van der Waals surface area contributed by atoms with Crippen LogP contribution in [0.15, 0.2) is 72.8 Å². The van der Waals surface area contributed by atoms with Gasteiger partial charge in [-0.1, -0.05) is 71.7 Å². The van der Waals surface area contributed by atoms with Gasteiger partial charge in [-0.05, 0) is 35.4 Å². The molecule has 37 heavy (non-hydrogen) atoms. The predicted molar refractivity (Wildman–Crippen MR) is 144 cm³/mol. The number of nitrogens with one attached hydrogen (secondary N) is 1. The lowest BCUT2D eigenvalue weighted by Gasteiger charge is -2.33. The van der Waals surface area contributed by atoms with Gasteiger partial charge in [-0.25, -0.2) is 12.8 Å². The van der Waals surface area contributed by atoms with Crippen LogP contribution >= 0.6 is 23.2 Å². The van der Waals surface area contributed by atoms with Gasteiger partial charge in [0.15, 0.2) is 0 Å². The zero-order chi connectivity index (χ0) is 27.2. The van der Waals surface area contributed by atoms with Crippen molar-refractivity contribution in [3.05, 3.63) is 99.8 Å². The Morgan fingerprint density at radius 3 is 2.24 bits per heavy atom. The van der Waals surface area contributed by atoms with Crippen LogP contribution in [0.25, 0.3) is 0 Å². The summed E-state index contributed by atoms with van der Waals surface area (Å²) in [5, 5.41) is 3.24. The van der Waals surface area contributed by atoms with Gasteiger partial charge in [-0.3, -0.25) is 13.9 Å². The maximum absolute atomic E-state index is 14.6. The fourth-order valence-electron chi connectivity index (χ4n) is 3.80. The highest BCUT2D eigenvalue weighted by Crippen LogP contribution is 2.26. The van der Waals surface area contributed by atoms with E-state index in [0.29, 0.717) is 14.9 Å². The SMILES string of the molecule is CNC(=O)[C@H](Cc1ccccc1)N(Cc1ccc(Cl)cc1Cl)C(=O)CN(c1ccccc1F)S(C)(=O)=O. The normalized spacial score (nSPS) is 12.0. The third kappa shape index (κ3) is 7.44. The Balaban J connectivity index is 2.06. The van der Waals surface area contributed by atoms with Crippen LogP contribution in [0.5, 0.6) is 0 Å². The number of carbonyl (C=O) groups is 2. The molecular formula is C26H26Cl2FN3O4S. The summed E-state index contributed by atoms with van der Waals surface area (Å²) in [6, 6.07) is 18.0. The van der Waals surface area contributed by atoms with Gasteiger partial charge in [0.2, 0.25) is 21.8 Å². The van der Waals surface area contributed by atoms with Crippen molar-refractivity contribution < 1.29 is 22.4 Å². The van der Waals surface area contributed by atoms with E-state index in [1.807, 2.05) is 30.3 Å². The number of anilines is 1. The lowest BCUT2D eigenvalue weighted by atomic mass is 10.0. The molecule has 0 aromatic heterocycles. The smallest absolute Gasteiger partial charge is 0.244 e. The third-order valence-corrected chi connectivity index (χ3v) is 7.39. The first-order chi connectivity index (χ1) is 17.5. The van der Waals surface area contributed by atoms with Crippen molar-refractivity contribution in [2.45, 2.75) is 19.0 Å². The zero-order valence-corrected chi connectivity index (χ0v) is 22.5. The van der Waals surface area contributed by atoms with Gasteiger partial charge >= 0.3 is 0 Å². The van der Waals surface area contributed by atoms with Crippen LogP contribution < -0.4 is 9.62 Å². The Kier molecular flexibility index (Phi) is 9.53. The van der Waals surface area contributed by atoms with Gasteiger partial charge in [0.1, 0.15) is 18.4 Å². The van der Waals surface area contributed by atoms with Gasteiger partial charge in [0.05, 0.1) is 11.9 Å². The lowest BCUT2D eigenvalue weighted by molar-refractivity contribution is -0.139. The van der Waals surface area contributed by atoms with E-state index >= 15 is 0 Å². The van der Waals surface area contributed by atoms with Crippen molar-refractivity contribution in [3.63, 3.8) is 0 Å². The molecule has 0 aliphatic rings. The van der Waals surface area contributed by atoms with E-state index in [9.17, 15) is 22.4 Å². The summed E-state index contributed by atoms with van der Waals surface area (Å²) in [7, 11) is -2.62. The number of hydrogen-bond donors (Lipinski definition) is 1. The van der Waals surface area contributed by atoms with Gasteiger partial charge < -0.3 is 10.2 Å². The maximum Gasteiger partial charge on any atom is 0.244 e. The molecule has 3 aromatic rings. The van der Waals surface area contributed by atoms with E-state index < -0.39 is 40.2 Å². The third-order valence-electron chi connectivity index (χ3n) is 5.67. The molecular weight excluding hydrogens is 540 g/mol. The van der Waals surface area contributed by atoms with Crippen LogP contribution in [0.4, 0.5) is 10.1 Å². The minimum Gasteiger partial charge on any atom is -0.357 e. The fraction of sp³-hybridized carbons (Fsp3) is 0.231. The van der Waals surface area contributed by atoms with Crippen LogP contribution in [-0.2, 0) is 32.6 Å². The largest absolute Gasteiger partial charge is 0.357 e. The second-order valence-corrected chi connectivity index (χ2v) is 11.0. The molecule has 3 aromatic carbocycles. The number of amides is 2. The highest BCUT2D eigenvalue weighted by atomic mass is 35.5. The van der Waals surface area contributed by atoms with E-state index in [1.54, 1.807) is 12.1 Å². The minimum atomic E-state index is -4.06. The number of rotatable bonds is 10. The molecule has 0 unspecified atom stereocenters. The van der Waals surface area contributed by atoms with Crippen LogP contribution in [0.2, 0.25) is 10.0 Å². The first-order valence-corrected chi connectivity index (χ1v) is 13.8. The number of nitrogens with zero attached hydrogens (tertiary/aromatic N) is 2. The van der Waals surface area contributed by atoms with Crippen molar-refractivity contribution in [1.82, 2.24) is 10.2 Å². The number of halogens is 3. The molecule has 11 heteroatoms. The molecule has 0 aliphatic heterocycles. The highest BCUT2D eigenvalue weighted by Gasteiger charge is 2.33. The summed E-state index contributed by atoms with van der Waals surface area (Å²) in [5.41, 5.74) is 1.01. The summed E-state index contributed by atoms with van der Waals surface area (Å²) in [5.74, 6) is -1.98. The molecule has 0 spiro atoms. The van der Waals surface area contributed by atoms with E-state index in [4.69, 9.17) is 23.2 Å². The van der Waals surface area contributed by atoms with Crippen molar-refractivity contribution in [3.8, 4) is 0 Å². The van der Waals surface area contributed by atoms with Crippen molar-refractivity contribution in [2.24, 2.45) is 0 Å². The van der Waals surface area contributed by atoms with Crippen molar-refractivity contribution >= 4 is 50.7 Å². The molecule has 2 amide bonds. The minimum absolute atomic E-state index is 0.116. The Bertz CT molecular complexity index is 1370. The summed E-state index contributed by atoms with van der Waals surface area (Å²) < 4.78 is 40.5. The second kappa shape index (κ2) is 12.4. The van der Waals surface area contributed by atoms with Gasteiger partial charge in [-0.2, -0.15) is 0 Å². The molecule has 196 valence electrons. The van der Waals surface area contributed by atoms with Crippen LogP contribution in [0.3, 0.4) is 0 Å². The lowest BCUT2D eigenvalue weighted by Crippen LogP contribution is -2.53. The average molecular weight is 566 g/mol. The average Bonchev–Trinajstić information content (AvgIpc) is 2.85. The van der Waals surface area contributed by atoms with Gasteiger partial charge in [0, 0.05) is 30.1 Å². The summed E-state index contributed by atoms with van der Waals surface area (Å²) in [6.07, 6.45) is 1.03. The second-order valence-electron chi connectivity index (χ2n) is 8.30. The number of para-hydroxylation sites is 1. The number of sulfonamides is 1. The zero-order valence-electron chi connectivity index (χ0n) is 20.2. The standard InChI is InChI=1S/C26H26Cl2FN3O4S/c1-30-26(34)24(14-18-8-4-3-5-9-18)31(16-19-12-13-20(27)15-21(19)28)25(33)17-32(37(2,35)36)23-11-7-6-10-22(23)29/h3-13,15,24H,14,16-17H2,1-2H3,(H,30,34)/t24-/m0/s1. The number of hydrogen-bond acceptors (Lipinski definition) is 4. The Labute approximate surface area is 225 Å². The van der Waals surface area contributed by atoms with E-state index in [2.05, 4.69) is 5.32 Å². The van der Waals surface area contributed by atoms with Crippen LogP contribution in [-0.4, -0.2) is 51.0 Å². The van der Waals surface area contributed by atoms with E-state index in [-0.39, 0.29) is 23.7 Å². The molecule has 0 saturated carbocycles. The number of likely N-dealkylation sites (N-methyl/N-ethyl adjacent to an activating group) is 1. The molecule has 0 heterocycles.